The first-order valence-corrected chi connectivity index (χ1v) is 6.44. The van der Waals surface area contributed by atoms with E-state index in [4.69, 9.17) is 11.5 Å². The number of hydrogen-bond acceptors (Lipinski definition) is 5. The molecule has 0 aromatic carbocycles. The minimum absolute atomic E-state index is 0.391. The van der Waals surface area contributed by atoms with Crippen LogP contribution in [0.15, 0.2) is 0 Å². The van der Waals surface area contributed by atoms with Gasteiger partial charge >= 0.3 is 0 Å². The van der Waals surface area contributed by atoms with E-state index in [1.54, 1.807) is 0 Å². The number of carbonyl (C=O) groups excluding carboxylic acids is 1. The SMILES string of the molecule is CS(=O)(=O)NN[C@@H](CCCCN)C([NH])=O. The molecule has 1 amide bonds. The number of rotatable bonds is 8. The maximum atomic E-state index is 10.8. The van der Waals surface area contributed by atoms with E-state index in [0.717, 1.165) is 12.7 Å². The van der Waals surface area contributed by atoms with E-state index in [9.17, 15) is 13.2 Å². The van der Waals surface area contributed by atoms with Crippen LogP contribution in [-0.2, 0) is 14.8 Å². The summed E-state index contributed by atoms with van der Waals surface area (Å²) in [5.41, 5.74) is 14.5. The molecule has 0 heterocycles. The first kappa shape index (κ1) is 14.3. The van der Waals surface area contributed by atoms with Gasteiger partial charge in [0.1, 0.15) is 6.04 Å². The number of nitrogens with two attached hydrogens (primary N) is 1. The third kappa shape index (κ3) is 8.30. The summed E-state index contributed by atoms with van der Waals surface area (Å²) in [6.45, 7) is 0.512. The molecule has 0 unspecified atom stereocenters. The third-order valence-corrected chi connectivity index (χ3v) is 2.17. The number of hydrazine groups is 1. The highest BCUT2D eigenvalue weighted by molar-refractivity contribution is 7.88. The van der Waals surface area contributed by atoms with Crippen molar-refractivity contribution in [2.24, 2.45) is 5.73 Å². The summed E-state index contributed by atoms with van der Waals surface area (Å²) < 4.78 is 21.4. The van der Waals surface area contributed by atoms with Gasteiger partial charge in [-0.15, -0.1) is 0 Å². The zero-order valence-corrected chi connectivity index (χ0v) is 9.43. The molecule has 0 bridgehead atoms. The molecular weight excluding hydrogens is 220 g/mol. The first-order chi connectivity index (χ1) is 6.87. The van der Waals surface area contributed by atoms with Crippen molar-refractivity contribution >= 4 is 15.9 Å². The highest BCUT2D eigenvalue weighted by Gasteiger charge is 2.16. The van der Waals surface area contributed by atoms with Crippen LogP contribution in [0.5, 0.6) is 0 Å². The monoisotopic (exact) mass is 237 g/mol. The molecule has 0 aliphatic rings. The maximum Gasteiger partial charge on any atom is 0.256 e. The van der Waals surface area contributed by atoms with Gasteiger partial charge in [0.25, 0.3) is 5.91 Å². The van der Waals surface area contributed by atoms with E-state index in [1.165, 1.54) is 0 Å². The Kier molecular flexibility index (Phi) is 6.41. The van der Waals surface area contributed by atoms with E-state index in [-0.39, 0.29) is 0 Å². The summed E-state index contributed by atoms with van der Waals surface area (Å²) in [5, 5.41) is 0. The Bertz CT molecular complexity index is 291. The van der Waals surface area contributed by atoms with Gasteiger partial charge in [0.05, 0.1) is 6.26 Å². The average Bonchev–Trinajstić information content (AvgIpc) is 2.08. The van der Waals surface area contributed by atoms with E-state index >= 15 is 0 Å². The fraction of sp³-hybridized carbons (Fsp3) is 0.857. The lowest BCUT2D eigenvalue weighted by molar-refractivity contribution is -0.120. The van der Waals surface area contributed by atoms with Crippen LogP contribution in [0.4, 0.5) is 0 Å². The van der Waals surface area contributed by atoms with Crippen LogP contribution in [0.1, 0.15) is 19.3 Å². The lowest BCUT2D eigenvalue weighted by Crippen LogP contribution is -2.48. The van der Waals surface area contributed by atoms with Crippen molar-refractivity contribution in [2.45, 2.75) is 25.3 Å². The fourth-order valence-electron chi connectivity index (χ4n) is 0.940. The lowest BCUT2D eigenvalue weighted by Gasteiger charge is -2.14. The fourth-order valence-corrected chi connectivity index (χ4v) is 1.30. The largest absolute Gasteiger partial charge is 0.330 e. The molecule has 0 saturated carbocycles. The molecule has 0 saturated heterocycles. The number of hydrogen-bond donors (Lipinski definition) is 3. The molecule has 0 aliphatic carbocycles. The Balaban J connectivity index is 4.00. The van der Waals surface area contributed by atoms with E-state index in [1.807, 2.05) is 4.83 Å². The third-order valence-electron chi connectivity index (χ3n) is 1.68. The van der Waals surface area contributed by atoms with Gasteiger partial charge in [-0.1, -0.05) is 6.42 Å². The van der Waals surface area contributed by atoms with Gasteiger partial charge in [-0.05, 0) is 19.4 Å². The quantitative estimate of drug-likeness (QED) is 0.344. The number of sulfonamides is 1. The highest BCUT2D eigenvalue weighted by Crippen LogP contribution is 1.99. The van der Waals surface area contributed by atoms with Crippen molar-refractivity contribution in [1.29, 1.82) is 0 Å². The number of amides is 1. The molecule has 1 atom stereocenters. The van der Waals surface area contributed by atoms with Gasteiger partial charge in [0, 0.05) is 0 Å². The predicted octanol–water partition coefficient (Wildman–Crippen LogP) is -1.65. The highest BCUT2D eigenvalue weighted by atomic mass is 32.2. The summed E-state index contributed by atoms with van der Waals surface area (Å²) in [4.78, 5) is 12.8. The molecule has 15 heavy (non-hydrogen) atoms. The summed E-state index contributed by atoms with van der Waals surface area (Å²) in [5.74, 6) is -0.844. The summed E-state index contributed by atoms with van der Waals surface area (Å²) in [7, 11) is -3.40. The normalized spacial score (nSPS) is 13.7. The van der Waals surface area contributed by atoms with Crippen LogP contribution in [-0.4, -0.2) is 33.2 Å². The average molecular weight is 237 g/mol. The Morgan fingerprint density at radius 2 is 2.07 bits per heavy atom. The molecule has 8 heteroatoms. The smallest absolute Gasteiger partial charge is 0.256 e. The minimum Gasteiger partial charge on any atom is -0.330 e. The minimum atomic E-state index is -3.40. The topological polar surface area (TPSA) is 125 Å². The number of unbranched alkanes of at least 4 members (excludes halogenated alkanes) is 1. The second-order valence-corrected chi connectivity index (χ2v) is 4.97. The Labute approximate surface area is 89.6 Å². The standard InChI is InChI=1S/C7H17N4O3S/c1-15(13,14)11-10-6(7(9)12)4-2-3-5-8/h6,9-11H,2-5,8H2,1H3/t6-/m0/s1. The lowest BCUT2D eigenvalue weighted by atomic mass is 10.1. The Hall–Kier alpha value is -0.700. The van der Waals surface area contributed by atoms with Crippen molar-refractivity contribution in [2.75, 3.05) is 12.8 Å². The number of carbonyl (C=O) groups is 1. The maximum absolute atomic E-state index is 10.8. The first-order valence-electron chi connectivity index (χ1n) is 4.54. The van der Waals surface area contributed by atoms with Crippen molar-refractivity contribution in [1.82, 2.24) is 16.0 Å². The molecule has 0 spiro atoms. The molecule has 1 radical (unpaired) electrons. The molecule has 89 valence electrons. The van der Waals surface area contributed by atoms with Crippen LogP contribution in [0.2, 0.25) is 0 Å². The van der Waals surface area contributed by atoms with E-state index in [2.05, 4.69) is 5.43 Å². The van der Waals surface area contributed by atoms with Gasteiger partial charge in [-0.2, -0.15) is 4.83 Å². The molecule has 0 aromatic rings. The summed E-state index contributed by atoms with van der Waals surface area (Å²) in [6, 6.07) is -0.814. The summed E-state index contributed by atoms with van der Waals surface area (Å²) >= 11 is 0. The van der Waals surface area contributed by atoms with Gasteiger partial charge in [-0.3, -0.25) is 10.5 Å². The molecule has 7 nitrogen and oxygen atoms in total. The van der Waals surface area contributed by atoms with Crippen molar-refractivity contribution in [3.8, 4) is 0 Å². The zero-order chi connectivity index (χ0) is 11.9. The van der Waals surface area contributed by atoms with Gasteiger partial charge in [0.15, 0.2) is 0 Å². The molecule has 0 rings (SSSR count). The Morgan fingerprint density at radius 1 is 1.47 bits per heavy atom. The van der Waals surface area contributed by atoms with E-state index < -0.39 is 22.0 Å². The van der Waals surface area contributed by atoms with Gasteiger partial charge in [-0.25, -0.2) is 13.8 Å². The summed E-state index contributed by atoms with van der Waals surface area (Å²) in [6.07, 6.45) is 2.77. The predicted molar refractivity (Wildman–Crippen MR) is 55.9 cm³/mol. The molecule has 5 N–H and O–H groups in total. The van der Waals surface area contributed by atoms with Crippen molar-refractivity contribution in [3.63, 3.8) is 0 Å². The second-order valence-electron chi connectivity index (χ2n) is 3.22. The van der Waals surface area contributed by atoms with E-state index in [0.29, 0.717) is 19.4 Å². The van der Waals surface area contributed by atoms with Crippen LogP contribution in [0, 0.1) is 0 Å². The Morgan fingerprint density at radius 3 is 2.47 bits per heavy atom. The second kappa shape index (κ2) is 6.72. The van der Waals surface area contributed by atoms with Crippen LogP contribution < -0.4 is 21.7 Å². The molecule has 0 aliphatic heterocycles. The van der Waals surface area contributed by atoms with Gasteiger partial charge < -0.3 is 5.73 Å². The van der Waals surface area contributed by atoms with Crippen molar-refractivity contribution < 1.29 is 13.2 Å². The molecular formula is C7H17N4O3S. The zero-order valence-electron chi connectivity index (χ0n) is 8.62. The molecule has 0 fully saturated rings. The molecule has 0 aromatic heterocycles. The van der Waals surface area contributed by atoms with Gasteiger partial charge in [0.2, 0.25) is 10.0 Å². The van der Waals surface area contributed by atoms with Crippen LogP contribution in [0.25, 0.3) is 0 Å². The van der Waals surface area contributed by atoms with Crippen molar-refractivity contribution in [3.05, 3.63) is 0 Å². The van der Waals surface area contributed by atoms with Crippen LogP contribution >= 0.6 is 0 Å². The van der Waals surface area contributed by atoms with Crippen LogP contribution in [0.3, 0.4) is 0 Å². The number of nitrogens with one attached hydrogen (secondary N) is 3.